The lowest BCUT2D eigenvalue weighted by molar-refractivity contribution is 0.0601. The van der Waals surface area contributed by atoms with Gasteiger partial charge in [0.2, 0.25) is 0 Å². The number of ether oxygens (including phenoxy) is 1. The molecule has 0 N–H and O–H groups in total. The van der Waals surface area contributed by atoms with Crippen molar-refractivity contribution in [3.05, 3.63) is 33.4 Å². The first-order valence-corrected chi connectivity index (χ1v) is 10.3. The Morgan fingerprint density at radius 1 is 1.27 bits per heavy atom. The van der Waals surface area contributed by atoms with Gasteiger partial charge in [0.1, 0.15) is 22.2 Å². The maximum absolute atomic E-state index is 13.1. The molecular formula is C15H12Cl2F5N5O2S. The molecular weight excluding hydrogens is 480 g/mol. The second-order valence-corrected chi connectivity index (χ2v) is 9.20. The summed E-state index contributed by atoms with van der Waals surface area (Å²) in [5.74, 6) is -1.39. The van der Waals surface area contributed by atoms with Gasteiger partial charge in [-0.25, -0.2) is 14.5 Å². The van der Waals surface area contributed by atoms with Crippen LogP contribution in [0.25, 0.3) is 5.69 Å². The zero-order chi connectivity index (χ0) is 23.1. The number of carbonyl (C=O) groups is 1. The quantitative estimate of drug-likeness (QED) is 0.231. The van der Waals surface area contributed by atoms with Crippen LogP contribution >= 0.6 is 33.4 Å². The summed E-state index contributed by atoms with van der Waals surface area (Å²) in [6.45, 7) is 0. The van der Waals surface area contributed by atoms with Gasteiger partial charge in [-0.05, 0) is 12.1 Å². The number of carbonyl (C=O) groups excluding carboxylic acids is 1. The Balaban J connectivity index is 2.90. The smallest absolute Gasteiger partial charge is 0.344 e. The van der Waals surface area contributed by atoms with Crippen LogP contribution < -0.4 is 0 Å². The van der Waals surface area contributed by atoms with Crippen molar-refractivity contribution in [1.29, 1.82) is 5.26 Å². The van der Waals surface area contributed by atoms with E-state index in [1.54, 1.807) is 20.2 Å². The molecule has 30 heavy (non-hydrogen) atoms. The first-order valence-electron chi connectivity index (χ1n) is 7.55. The number of aromatic nitrogens is 2. The summed E-state index contributed by atoms with van der Waals surface area (Å²) >= 11 is 11.7. The minimum Gasteiger partial charge on any atom is -0.465 e. The van der Waals surface area contributed by atoms with Crippen molar-refractivity contribution >= 4 is 51.6 Å². The predicted octanol–water partition coefficient (Wildman–Crippen LogP) is 5.72. The fraction of sp³-hybridized carbons (Fsp3) is 0.200. The number of esters is 1. The molecule has 0 bridgehead atoms. The van der Waals surface area contributed by atoms with Gasteiger partial charge in [-0.15, -0.1) is 0 Å². The summed E-state index contributed by atoms with van der Waals surface area (Å²) in [4.78, 5) is 15.2. The highest BCUT2D eigenvalue weighted by molar-refractivity contribution is 8.45. The molecule has 0 aliphatic rings. The lowest BCUT2D eigenvalue weighted by atomic mass is 10.2. The summed E-state index contributed by atoms with van der Waals surface area (Å²) in [7, 11) is -5.93. The van der Waals surface area contributed by atoms with Crippen LogP contribution in [0.15, 0.2) is 22.0 Å². The summed E-state index contributed by atoms with van der Waals surface area (Å²) in [6.07, 6.45) is 1.19. The number of halogens is 7. The Morgan fingerprint density at radius 2 is 1.80 bits per heavy atom. The summed E-state index contributed by atoms with van der Waals surface area (Å²) in [5, 5.41) is 11.3. The molecule has 0 amide bonds. The number of rotatable bonds is 5. The average molecular weight is 492 g/mol. The lowest BCUT2D eigenvalue weighted by Gasteiger charge is -2.40. The molecule has 164 valence electrons. The number of hydrogen-bond acceptors (Lipinski definition) is 5. The third kappa shape index (κ3) is 4.77. The number of aliphatic imine (C=N–C) groups is 1. The van der Waals surface area contributed by atoms with E-state index in [4.69, 9.17) is 23.2 Å². The summed E-state index contributed by atoms with van der Waals surface area (Å²) in [5.41, 5.74) is -1.43. The van der Waals surface area contributed by atoms with Gasteiger partial charge in [0, 0.05) is 14.1 Å². The van der Waals surface area contributed by atoms with Gasteiger partial charge in [0.05, 0.1) is 23.5 Å². The number of hydrogen-bond donors (Lipinski definition) is 0. The molecule has 1 aromatic carbocycles. The Kier molecular flexibility index (Phi) is 5.53. The first kappa shape index (κ1) is 23.7. The molecule has 15 heteroatoms. The molecule has 0 aliphatic carbocycles. The van der Waals surface area contributed by atoms with E-state index in [0.717, 1.165) is 7.11 Å². The molecule has 0 saturated carbocycles. The monoisotopic (exact) mass is 491 g/mol. The van der Waals surface area contributed by atoms with Crippen LogP contribution in [0.4, 0.5) is 25.2 Å². The fourth-order valence-electron chi connectivity index (χ4n) is 2.19. The molecule has 0 fully saturated rings. The molecule has 0 radical (unpaired) electrons. The molecule has 1 aromatic heterocycles. The second-order valence-electron chi connectivity index (χ2n) is 5.98. The maximum Gasteiger partial charge on any atom is 0.344 e. The van der Waals surface area contributed by atoms with Crippen molar-refractivity contribution in [2.45, 2.75) is 4.90 Å². The molecule has 7 nitrogen and oxygen atoms in total. The van der Waals surface area contributed by atoms with Crippen LogP contribution in [-0.2, 0) is 4.74 Å². The van der Waals surface area contributed by atoms with Gasteiger partial charge in [-0.2, -0.15) is 10.4 Å². The van der Waals surface area contributed by atoms with Crippen molar-refractivity contribution in [3.63, 3.8) is 0 Å². The zero-order valence-electron chi connectivity index (χ0n) is 15.3. The Bertz CT molecular complexity index is 1090. The van der Waals surface area contributed by atoms with Crippen LogP contribution in [-0.4, -0.2) is 48.2 Å². The highest BCUT2D eigenvalue weighted by Gasteiger charge is 2.65. The van der Waals surface area contributed by atoms with Crippen molar-refractivity contribution in [3.8, 4) is 11.8 Å². The van der Waals surface area contributed by atoms with E-state index >= 15 is 0 Å². The van der Waals surface area contributed by atoms with E-state index in [2.05, 4.69) is 14.8 Å². The number of benzene rings is 1. The van der Waals surface area contributed by atoms with Crippen molar-refractivity contribution < 1.29 is 29.0 Å². The van der Waals surface area contributed by atoms with Gasteiger partial charge in [0.15, 0.2) is 11.5 Å². The van der Waals surface area contributed by atoms with Crippen LogP contribution in [0.2, 0.25) is 10.0 Å². The summed E-state index contributed by atoms with van der Waals surface area (Å²) < 4.78 is 70.9. The molecule has 0 aliphatic heterocycles. The minimum atomic E-state index is -10.1. The Hall–Kier alpha value is -2.56. The highest BCUT2D eigenvalue weighted by atomic mass is 35.5. The highest BCUT2D eigenvalue weighted by Crippen LogP contribution is 3.02. The minimum absolute atomic E-state index is 0.0185. The van der Waals surface area contributed by atoms with E-state index in [9.17, 15) is 29.5 Å². The predicted molar refractivity (Wildman–Crippen MR) is 103 cm³/mol. The second kappa shape index (κ2) is 7.00. The summed E-state index contributed by atoms with van der Waals surface area (Å²) in [6, 6.07) is 1.58. The van der Waals surface area contributed by atoms with E-state index in [0.29, 0.717) is 4.68 Å². The van der Waals surface area contributed by atoms with Crippen molar-refractivity contribution in [2.75, 3.05) is 21.2 Å². The SMILES string of the molecule is COC(=O)c1c(C#N)nn(-c2c(Cl)cc(S(F)(F)(F)(F)F)cc2Cl)c1/N=C/N(C)C. The number of nitrogens with zero attached hydrogens (tertiary/aromatic N) is 5. The number of methoxy groups -OCH3 is 1. The van der Waals surface area contributed by atoms with Gasteiger partial charge in [0.25, 0.3) is 0 Å². The van der Waals surface area contributed by atoms with Crippen LogP contribution in [0, 0.1) is 11.3 Å². The van der Waals surface area contributed by atoms with Crippen LogP contribution in [0.1, 0.15) is 16.1 Å². The van der Waals surface area contributed by atoms with Crippen molar-refractivity contribution in [1.82, 2.24) is 14.7 Å². The van der Waals surface area contributed by atoms with Crippen molar-refractivity contribution in [2.24, 2.45) is 4.99 Å². The molecule has 0 unspecified atom stereocenters. The van der Waals surface area contributed by atoms with Gasteiger partial charge in [-0.3, -0.25) is 0 Å². The molecule has 0 atom stereocenters. The molecule has 0 saturated heterocycles. The molecule has 2 aromatic rings. The van der Waals surface area contributed by atoms with Crippen LogP contribution in [0.5, 0.6) is 0 Å². The molecule has 0 spiro atoms. The van der Waals surface area contributed by atoms with E-state index < -0.39 is 48.1 Å². The fourth-order valence-corrected chi connectivity index (χ4v) is 3.65. The van der Waals surface area contributed by atoms with Crippen LogP contribution in [0.3, 0.4) is 0 Å². The van der Waals surface area contributed by atoms with E-state index in [1.807, 2.05) is 0 Å². The maximum atomic E-state index is 13.1. The topological polar surface area (TPSA) is 83.5 Å². The average Bonchev–Trinajstić information content (AvgIpc) is 2.94. The number of nitriles is 1. The third-order valence-corrected chi connectivity index (χ3v) is 5.12. The lowest BCUT2D eigenvalue weighted by Crippen LogP contribution is -2.10. The van der Waals surface area contributed by atoms with E-state index in [-0.39, 0.29) is 18.0 Å². The van der Waals surface area contributed by atoms with Gasteiger partial charge in [-0.1, -0.05) is 42.6 Å². The third-order valence-electron chi connectivity index (χ3n) is 3.42. The Labute approximate surface area is 177 Å². The zero-order valence-corrected chi connectivity index (χ0v) is 17.7. The first-order chi connectivity index (χ1) is 13.5. The molecule has 1 heterocycles. The van der Waals surface area contributed by atoms with Gasteiger partial charge >= 0.3 is 16.2 Å². The normalized spacial score (nSPS) is 14.2. The molecule has 2 rings (SSSR count). The Morgan fingerprint density at radius 3 is 2.20 bits per heavy atom. The van der Waals surface area contributed by atoms with E-state index in [1.165, 1.54) is 11.2 Å². The standard InChI is InChI=1S/C15H12Cl2F5N5O2S/c1-26(2)7-24-14-12(15(28)29-3)11(6-23)25-27(14)13-9(16)4-8(5-10(13)17)30(18,19,20,21)22/h4-5,7H,1-3H3/b24-7+. The van der Waals surface area contributed by atoms with Gasteiger partial charge < -0.3 is 9.64 Å². The largest absolute Gasteiger partial charge is 0.465 e.